The fraction of sp³-hybridized carbons (Fsp3) is 0.111. The lowest BCUT2D eigenvalue weighted by molar-refractivity contribution is 0.632. The van der Waals surface area contributed by atoms with Crippen molar-refractivity contribution in [3.63, 3.8) is 0 Å². The number of hydrogen-bond acceptors (Lipinski definition) is 3. The highest BCUT2D eigenvalue weighted by molar-refractivity contribution is 5.85. The third-order valence-corrected chi connectivity index (χ3v) is 3.32. The molecule has 118 valence electrons. The Morgan fingerprint density at radius 2 is 1.61 bits per heavy atom. The maximum Gasteiger partial charge on any atom is 0.146 e. The molecule has 0 radical (unpaired) electrons. The first-order valence-corrected chi connectivity index (χ1v) is 7.06. The number of benzene rings is 2. The summed E-state index contributed by atoms with van der Waals surface area (Å²) in [5.41, 5.74) is 3.41. The van der Waals surface area contributed by atoms with Crippen molar-refractivity contribution in [3.05, 3.63) is 71.8 Å². The van der Waals surface area contributed by atoms with Gasteiger partial charge in [0.15, 0.2) is 0 Å². The van der Waals surface area contributed by atoms with Crippen LogP contribution in [0.2, 0.25) is 0 Å². The highest BCUT2D eigenvalue weighted by Gasteiger charge is 2.07. The molecule has 0 atom stereocenters. The van der Waals surface area contributed by atoms with E-state index in [1.54, 1.807) is 18.2 Å². The molecular weight excluding hydrogens is 313 g/mol. The molecule has 0 spiro atoms. The van der Waals surface area contributed by atoms with Crippen LogP contribution in [0.15, 0.2) is 54.6 Å². The van der Waals surface area contributed by atoms with E-state index in [4.69, 9.17) is 0 Å². The first kappa shape index (κ1) is 16.9. The van der Waals surface area contributed by atoms with Crippen LogP contribution < -0.4 is 5.32 Å². The molecule has 0 aliphatic rings. The van der Waals surface area contributed by atoms with Crippen LogP contribution in [0.3, 0.4) is 0 Å². The van der Waals surface area contributed by atoms with Crippen molar-refractivity contribution < 1.29 is 4.39 Å². The Balaban J connectivity index is 0.00000192. The summed E-state index contributed by atoms with van der Waals surface area (Å²) in [6.07, 6.45) is 0. The maximum atomic E-state index is 13.7. The van der Waals surface area contributed by atoms with Gasteiger partial charge >= 0.3 is 0 Å². The molecule has 0 aliphatic carbocycles. The minimum absolute atomic E-state index is 0. The standard InChI is InChI=1S/C18H16FN3.ClH/c1-12-7-9-14(10-8-12)17-11-18(21-13(2)20-17)22-16-6-4-3-5-15(16)19;/h3-11H,1-2H3,(H,20,21,22);1H. The lowest BCUT2D eigenvalue weighted by Crippen LogP contribution is -2.00. The summed E-state index contributed by atoms with van der Waals surface area (Å²) < 4.78 is 13.7. The molecule has 3 aromatic rings. The first-order valence-electron chi connectivity index (χ1n) is 7.06. The molecule has 0 fully saturated rings. The largest absolute Gasteiger partial charge is 0.338 e. The summed E-state index contributed by atoms with van der Waals surface area (Å²) in [4.78, 5) is 8.78. The predicted octanol–water partition coefficient (Wildman–Crippen LogP) is 5.06. The van der Waals surface area contributed by atoms with Crippen LogP contribution >= 0.6 is 12.4 Å². The molecule has 1 aromatic heterocycles. The molecule has 1 heterocycles. The number of nitrogens with one attached hydrogen (secondary N) is 1. The Morgan fingerprint density at radius 1 is 0.913 bits per heavy atom. The fourth-order valence-corrected chi connectivity index (χ4v) is 2.20. The minimum atomic E-state index is -0.310. The Labute approximate surface area is 141 Å². The van der Waals surface area contributed by atoms with Gasteiger partial charge in [0.1, 0.15) is 17.5 Å². The number of aryl methyl sites for hydroxylation is 2. The van der Waals surface area contributed by atoms with Crippen molar-refractivity contribution in [1.82, 2.24) is 9.97 Å². The molecule has 0 amide bonds. The molecular formula is C18H17ClFN3. The molecule has 5 heteroatoms. The van der Waals surface area contributed by atoms with Crippen LogP contribution in [-0.2, 0) is 0 Å². The highest BCUT2D eigenvalue weighted by Crippen LogP contribution is 2.23. The van der Waals surface area contributed by atoms with Gasteiger partial charge in [0, 0.05) is 11.6 Å². The van der Waals surface area contributed by atoms with Gasteiger partial charge in [-0.1, -0.05) is 42.0 Å². The molecule has 2 aromatic carbocycles. The van der Waals surface area contributed by atoms with E-state index < -0.39 is 0 Å². The molecule has 3 rings (SSSR count). The normalized spacial score (nSPS) is 10.0. The average Bonchev–Trinajstić information content (AvgIpc) is 2.50. The van der Waals surface area contributed by atoms with Crippen molar-refractivity contribution >= 4 is 23.9 Å². The first-order chi connectivity index (χ1) is 10.6. The van der Waals surface area contributed by atoms with Gasteiger partial charge in [0.2, 0.25) is 0 Å². The van der Waals surface area contributed by atoms with Crippen LogP contribution in [-0.4, -0.2) is 9.97 Å². The molecule has 1 N–H and O–H groups in total. The van der Waals surface area contributed by atoms with Crippen molar-refractivity contribution in [1.29, 1.82) is 0 Å². The SMILES string of the molecule is Cc1ccc(-c2cc(Nc3ccccc3F)nc(C)n2)cc1.Cl. The van der Waals surface area contributed by atoms with Gasteiger partial charge in [-0.25, -0.2) is 14.4 Å². The zero-order chi connectivity index (χ0) is 15.5. The number of rotatable bonds is 3. The monoisotopic (exact) mass is 329 g/mol. The predicted molar refractivity (Wildman–Crippen MR) is 93.9 cm³/mol. The summed E-state index contributed by atoms with van der Waals surface area (Å²) in [6.45, 7) is 3.87. The molecule has 0 aliphatic heterocycles. The average molecular weight is 330 g/mol. The number of para-hydroxylation sites is 1. The number of aromatic nitrogens is 2. The van der Waals surface area contributed by atoms with Crippen LogP contribution in [0.5, 0.6) is 0 Å². The van der Waals surface area contributed by atoms with E-state index in [0.717, 1.165) is 11.3 Å². The van der Waals surface area contributed by atoms with E-state index in [2.05, 4.69) is 15.3 Å². The van der Waals surface area contributed by atoms with Gasteiger partial charge < -0.3 is 5.32 Å². The van der Waals surface area contributed by atoms with Crippen LogP contribution in [0.4, 0.5) is 15.9 Å². The second-order valence-electron chi connectivity index (χ2n) is 5.16. The van der Waals surface area contributed by atoms with Crippen molar-refractivity contribution in [3.8, 4) is 11.3 Å². The van der Waals surface area contributed by atoms with Gasteiger partial charge in [-0.3, -0.25) is 0 Å². The van der Waals surface area contributed by atoms with Gasteiger partial charge in [-0.05, 0) is 26.0 Å². The van der Waals surface area contributed by atoms with Crippen molar-refractivity contribution in [2.24, 2.45) is 0 Å². The Bertz CT molecular complexity index is 804. The molecule has 0 bridgehead atoms. The summed E-state index contributed by atoms with van der Waals surface area (Å²) in [5.74, 6) is 0.903. The van der Waals surface area contributed by atoms with Crippen molar-refractivity contribution in [2.75, 3.05) is 5.32 Å². The van der Waals surface area contributed by atoms with Crippen LogP contribution in [0.25, 0.3) is 11.3 Å². The summed E-state index contributed by atoms with van der Waals surface area (Å²) in [5, 5.41) is 3.01. The lowest BCUT2D eigenvalue weighted by atomic mass is 10.1. The smallest absolute Gasteiger partial charge is 0.146 e. The Kier molecular flexibility index (Phi) is 5.29. The summed E-state index contributed by atoms with van der Waals surface area (Å²) in [7, 11) is 0. The van der Waals surface area contributed by atoms with Gasteiger partial charge in [-0.15, -0.1) is 12.4 Å². The minimum Gasteiger partial charge on any atom is -0.338 e. The molecule has 0 unspecified atom stereocenters. The lowest BCUT2D eigenvalue weighted by Gasteiger charge is -2.09. The van der Waals surface area contributed by atoms with Gasteiger partial charge in [0.25, 0.3) is 0 Å². The highest BCUT2D eigenvalue weighted by atomic mass is 35.5. The second kappa shape index (κ2) is 7.20. The van der Waals surface area contributed by atoms with E-state index in [1.807, 2.05) is 44.2 Å². The third kappa shape index (κ3) is 4.05. The van der Waals surface area contributed by atoms with Gasteiger partial charge in [-0.2, -0.15) is 0 Å². The number of nitrogens with zero attached hydrogens (tertiary/aromatic N) is 2. The number of hydrogen-bond donors (Lipinski definition) is 1. The second-order valence-corrected chi connectivity index (χ2v) is 5.16. The zero-order valence-electron chi connectivity index (χ0n) is 12.9. The van der Waals surface area contributed by atoms with E-state index >= 15 is 0 Å². The third-order valence-electron chi connectivity index (χ3n) is 3.32. The quantitative estimate of drug-likeness (QED) is 0.729. The molecule has 0 saturated carbocycles. The molecule has 23 heavy (non-hydrogen) atoms. The van der Waals surface area contributed by atoms with Crippen LogP contribution in [0.1, 0.15) is 11.4 Å². The summed E-state index contributed by atoms with van der Waals surface area (Å²) in [6, 6.07) is 16.5. The van der Waals surface area contributed by atoms with Crippen LogP contribution in [0, 0.1) is 19.7 Å². The number of halogens is 2. The van der Waals surface area contributed by atoms with E-state index in [9.17, 15) is 4.39 Å². The fourth-order valence-electron chi connectivity index (χ4n) is 2.20. The zero-order valence-corrected chi connectivity index (χ0v) is 13.7. The Morgan fingerprint density at radius 3 is 2.30 bits per heavy atom. The Hall–Kier alpha value is -2.46. The van der Waals surface area contributed by atoms with Gasteiger partial charge in [0.05, 0.1) is 11.4 Å². The van der Waals surface area contributed by atoms with Crippen molar-refractivity contribution in [2.45, 2.75) is 13.8 Å². The summed E-state index contributed by atoms with van der Waals surface area (Å²) >= 11 is 0. The number of anilines is 2. The van der Waals surface area contributed by atoms with E-state index in [-0.39, 0.29) is 18.2 Å². The topological polar surface area (TPSA) is 37.8 Å². The van der Waals surface area contributed by atoms with E-state index in [1.165, 1.54) is 11.6 Å². The van der Waals surface area contributed by atoms with E-state index in [0.29, 0.717) is 17.3 Å². The maximum absolute atomic E-state index is 13.7. The molecule has 0 saturated heterocycles. The molecule has 3 nitrogen and oxygen atoms in total.